The van der Waals surface area contributed by atoms with E-state index < -0.39 is 5.41 Å². The molecule has 0 saturated carbocycles. The smallest absolute Gasteiger partial charge is 0.255 e. The van der Waals surface area contributed by atoms with E-state index >= 15 is 0 Å². The third-order valence-electron chi connectivity index (χ3n) is 3.34. The van der Waals surface area contributed by atoms with E-state index in [4.69, 9.17) is 4.84 Å². The Bertz CT molecular complexity index is 463. The van der Waals surface area contributed by atoms with Crippen molar-refractivity contribution in [3.8, 4) is 0 Å². The van der Waals surface area contributed by atoms with Crippen LogP contribution in [-0.4, -0.2) is 30.9 Å². The van der Waals surface area contributed by atoms with Gasteiger partial charge in [-0.1, -0.05) is 45.0 Å². The highest BCUT2D eigenvalue weighted by Gasteiger charge is 2.32. The predicted molar refractivity (Wildman–Crippen MR) is 85.2 cm³/mol. The molecule has 0 bridgehead atoms. The maximum atomic E-state index is 12.2. The van der Waals surface area contributed by atoms with Gasteiger partial charge in [-0.05, 0) is 19.4 Å². The third-order valence-corrected chi connectivity index (χ3v) is 3.34. The molecular formula is C17H27NO3. The van der Waals surface area contributed by atoms with Crippen molar-refractivity contribution in [2.24, 2.45) is 0 Å². The highest BCUT2D eigenvalue weighted by atomic mass is 16.7. The molecule has 0 radical (unpaired) electrons. The standard InChI is InChI=1S/C15H21NO3.C2H6/c1-6-13(17)11-7-9-12(10-8-11)15(2,3)14(18)16(4)19-5;1-2/h7-10H,6H2,1-5H3;1-2H3. The molecule has 0 aliphatic carbocycles. The molecule has 0 aliphatic rings. The lowest BCUT2D eigenvalue weighted by molar-refractivity contribution is -0.174. The third kappa shape index (κ3) is 4.67. The van der Waals surface area contributed by atoms with Crippen molar-refractivity contribution in [1.82, 2.24) is 5.06 Å². The molecule has 1 amide bonds. The Labute approximate surface area is 128 Å². The summed E-state index contributed by atoms with van der Waals surface area (Å²) >= 11 is 0. The number of hydroxylamine groups is 2. The monoisotopic (exact) mass is 293 g/mol. The normalized spacial score (nSPS) is 10.4. The zero-order valence-corrected chi connectivity index (χ0v) is 14.2. The Kier molecular flexibility index (Phi) is 7.89. The Morgan fingerprint density at radius 3 is 2.00 bits per heavy atom. The topological polar surface area (TPSA) is 46.6 Å². The lowest BCUT2D eigenvalue weighted by atomic mass is 9.83. The van der Waals surface area contributed by atoms with Crippen LogP contribution in [0.15, 0.2) is 24.3 Å². The molecular weight excluding hydrogens is 266 g/mol. The molecule has 0 aliphatic heterocycles. The Morgan fingerprint density at radius 2 is 1.62 bits per heavy atom. The first kappa shape index (κ1) is 19.3. The van der Waals surface area contributed by atoms with Gasteiger partial charge in [-0.2, -0.15) is 0 Å². The molecule has 4 nitrogen and oxygen atoms in total. The van der Waals surface area contributed by atoms with E-state index in [0.717, 1.165) is 5.56 Å². The van der Waals surface area contributed by atoms with Gasteiger partial charge in [-0.15, -0.1) is 0 Å². The number of rotatable bonds is 5. The first-order valence-corrected chi connectivity index (χ1v) is 7.30. The number of carbonyl (C=O) groups excluding carboxylic acids is 2. The zero-order chi connectivity index (χ0) is 16.6. The largest absolute Gasteiger partial charge is 0.294 e. The summed E-state index contributed by atoms with van der Waals surface area (Å²) in [5.41, 5.74) is 0.835. The number of Topliss-reactive ketones (excluding diaryl/α,β-unsaturated/α-hetero) is 1. The second-order valence-electron chi connectivity index (χ2n) is 4.96. The second-order valence-corrected chi connectivity index (χ2v) is 4.96. The molecule has 21 heavy (non-hydrogen) atoms. The predicted octanol–water partition coefficient (Wildman–Crippen LogP) is 3.60. The molecule has 0 N–H and O–H groups in total. The second kappa shape index (κ2) is 8.57. The minimum absolute atomic E-state index is 0.102. The maximum Gasteiger partial charge on any atom is 0.255 e. The summed E-state index contributed by atoms with van der Waals surface area (Å²) in [7, 11) is 3.04. The van der Waals surface area contributed by atoms with Gasteiger partial charge in [0.25, 0.3) is 5.91 Å². The molecule has 4 heteroatoms. The molecule has 1 aromatic rings. The van der Waals surface area contributed by atoms with Gasteiger partial charge in [0.2, 0.25) is 0 Å². The number of likely N-dealkylation sites (N-methyl/N-ethyl adjacent to an activating group) is 1. The fourth-order valence-corrected chi connectivity index (χ4v) is 1.88. The van der Waals surface area contributed by atoms with E-state index in [1.807, 2.05) is 46.8 Å². The van der Waals surface area contributed by atoms with Crippen LogP contribution in [-0.2, 0) is 15.0 Å². The first-order chi connectivity index (χ1) is 9.84. The van der Waals surface area contributed by atoms with Crippen LogP contribution < -0.4 is 0 Å². The van der Waals surface area contributed by atoms with Crippen LogP contribution in [0.2, 0.25) is 0 Å². The number of hydrogen-bond acceptors (Lipinski definition) is 3. The Balaban J connectivity index is 0.00000191. The fraction of sp³-hybridized carbons (Fsp3) is 0.529. The first-order valence-electron chi connectivity index (χ1n) is 7.30. The summed E-state index contributed by atoms with van der Waals surface area (Å²) in [5, 5.41) is 1.21. The van der Waals surface area contributed by atoms with Gasteiger partial charge >= 0.3 is 0 Å². The van der Waals surface area contributed by atoms with Crippen molar-refractivity contribution >= 4 is 11.7 Å². The van der Waals surface area contributed by atoms with Crippen molar-refractivity contribution in [2.45, 2.75) is 46.5 Å². The molecule has 0 atom stereocenters. The average Bonchev–Trinajstić information content (AvgIpc) is 2.54. The highest BCUT2D eigenvalue weighted by Crippen LogP contribution is 2.26. The summed E-state index contributed by atoms with van der Waals surface area (Å²) < 4.78 is 0. The number of hydrogen-bond donors (Lipinski definition) is 0. The van der Waals surface area contributed by atoms with Crippen molar-refractivity contribution in [3.05, 3.63) is 35.4 Å². The Morgan fingerprint density at radius 1 is 1.14 bits per heavy atom. The molecule has 0 spiro atoms. The zero-order valence-electron chi connectivity index (χ0n) is 14.2. The molecule has 0 fully saturated rings. The van der Waals surface area contributed by atoms with E-state index in [1.165, 1.54) is 12.2 Å². The molecule has 1 rings (SSSR count). The van der Waals surface area contributed by atoms with Crippen LogP contribution >= 0.6 is 0 Å². The number of benzene rings is 1. The lowest BCUT2D eigenvalue weighted by Gasteiger charge is -2.28. The summed E-state index contributed by atoms with van der Waals surface area (Å²) in [4.78, 5) is 28.7. The van der Waals surface area contributed by atoms with Gasteiger partial charge in [0.1, 0.15) is 0 Å². The number of amides is 1. The number of nitrogens with zero attached hydrogens (tertiary/aromatic N) is 1. The van der Waals surface area contributed by atoms with Crippen LogP contribution in [0, 0.1) is 0 Å². The van der Waals surface area contributed by atoms with Crippen LogP contribution in [0.3, 0.4) is 0 Å². The minimum Gasteiger partial charge on any atom is -0.294 e. The van der Waals surface area contributed by atoms with Crippen LogP contribution in [0.5, 0.6) is 0 Å². The highest BCUT2D eigenvalue weighted by molar-refractivity contribution is 5.96. The Hall–Kier alpha value is -1.68. The van der Waals surface area contributed by atoms with E-state index in [-0.39, 0.29) is 11.7 Å². The summed E-state index contributed by atoms with van der Waals surface area (Å²) in [6.07, 6.45) is 0.480. The van der Waals surface area contributed by atoms with Gasteiger partial charge in [0.05, 0.1) is 12.5 Å². The van der Waals surface area contributed by atoms with Crippen molar-refractivity contribution in [2.75, 3.05) is 14.2 Å². The number of ketones is 1. The molecule has 0 aromatic heterocycles. The average molecular weight is 293 g/mol. The molecule has 0 unspecified atom stereocenters. The fourth-order valence-electron chi connectivity index (χ4n) is 1.88. The van der Waals surface area contributed by atoms with Crippen molar-refractivity contribution in [1.29, 1.82) is 0 Å². The maximum absolute atomic E-state index is 12.2. The van der Waals surface area contributed by atoms with Crippen LogP contribution in [0.25, 0.3) is 0 Å². The molecule has 118 valence electrons. The minimum atomic E-state index is -0.696. The molecule has 0 heterocycles. The van der Waals surface area contributed by atoms with E-state index in [0.29, 0.717) is 12.0 Å². The molecule has 1 aromatic carbocycles. The molecule has 0 saturated heterocycles. The lowest BCUT2D eigenvalue weighted by Crippen LogP contribution is -2.40. The van der Waals surface area contributed by atoms with E-state index in [1.54, 1.807) is 19.2 Å². The summed E-state index contributed by atoms with van der Waals surface area (Å²) in [5.74, 6) is -0.0331. The number of carbonyl (C=O) groups is 2. The van der Waals surface area contributed by atoms with E-state index in [2.05, 4.69) is 0 Å². The van der Waals surface area contributed by atoms with Crippen LogP contribution in [0.4, 0.5) is 0 Å². The van der Waals surface area contributed by atoms with E-state index in [9.17, 15) is 9.59 Å². The van der Waals surface area contributed by atoms with Gasteiger partial charge in [0.15, 0.2) is 5.78 Å². The van der Waals surface area contributed by atoms with Crippen LogP contribution in [0.1, 0.15) is 57.0 Å². The summed E-state index contributed by atoms with van der Waals surface area (Å²) in [6.45, 7) is 9.50. The quantitative estimate of drug-likeness (QED) is 0.615. The van der Waals surface area contributed by atoms with Gasteiger partial charge in [-0.3, -0.25) is 14.4 Å². The van der Waals surface area contributed by atoms with Crippen molar-refractivity contribution in [3.63, 3.8) is 0 Å². The summed E-state index contributed by atoms with van der Waals surface area (Å²) in [6, 6.07) is 7.18. The van der Waals surface area contributed by atoms with Gasteiger partial charge in [0, 0.05) is 19.0 Å². The van der Waals surface area contributed by atoms with Gasteiger partial charge in [-0.25, -0.2) is 5.06 Å². The SMILES string of the molecule is CC.CCC(=O)c1ccc(C(C)(C)C(=O)N(C)OC)cc1. The van der Waals surface area contributed by atoms with Crippen molar-refractivity contribution < 1.29 is 14.4 Å². The van der Waals surface area contributed by atoms with Gasteiger partial charge < -0.3 is 0 Å².